The average Bonchev–Trinajstić information content (AvgIpc) is 3.27. The number of alkyl halides is 3. The molecule has 0 unspecified atom stereocenters. The van der Waals surface area contributed by atoms with Crippen LogP contribution in [0, 0.1) is 0 Å². The molecule has 0 saturated heterocycles. The molecule has 3 aromatic rings. The third kappa shape index (κ3) is 6.10. The highest BCUT2D eigenvalue weighted by molar-refractivity contribution is 5.84. The van der Waals surface area contributed by atoms with Gasteiger partial charge >= 0.3 is 18.1 Å². The van der Waals surface area contributed by atoms with Crippen LogP contribution < -0.4 is 9.47 Å². The number of carbonyl (C=O) groups excluding carboxylic acids is 2. The van der Waals surface area contributed by atoms with Gasteiger partial charge in [0.25, 0.3) is 0 Å². The molecule has 1 heterocycles. The maximum absolute atomic E-state index is 13.5. The van der Waals surface area contributed by atoms with Crippen LogP contribution in [0.1, 0.15) is 16.9 Å². The lowest BCUT2D eigenvalue weighted by Gasteiger charge is -2.12. The van der Waals surface area contributed by atoms with E-state index in [-0.39, 0.29) is 11.3 Å². The summed E-state index contributed by atoms with van der Waals surface area (Å²) in [6.07, 6.45) is -0.116. The largest absolute Gasteiger partial charge is 0.457 e. The molecule has 0 aliphatic carbocycles. The van der Waals surface area contributed by atoms with Crippen molar-refractivity contribution in [3.8, 4) is 22.8 Å². The van der Waals surface area contributed by atoms with Crippen LogP contribution in [0.25, 0.3) is 23.5 Å². The Labute approximate surface area is 187 Å². The van der Waals surface area contributed by atoms with Crippen LogP contribution >= 0.6 is 0 Å². The summed E-state index contributed by atoms with van der Waals surface area (Å²) in [5.74, 6) is -0.565. The highest BCUT2D eigenvalue weighted by Crippen LogP contribution is 2.35. The van der Waals surface area contributed by atoms with Gasteiger partial charge in [-0.3, -0.25) is 0 Å². The third-order valence-electron chi connectivity index (χ3n) is 4.29. The Morgan fingerprint density at radius 1 is 0.818 bits per heavy atom. The molecule has 3 rings (SSSR count). The van der Waals surface area contributed by atoms with Gasteiger partial charge in [0.05, 0.1) is 5.56 Å². The Hall–Kier alpha value is -4.33. The van der Waals surface area contributed by atoms with Crippen molar-refractivity contribution in [1.29, 1.82) is 0 Å². The van der Waals surface area contributed by atoms with E-state index in [1.54, 1.807) is 36.4 Å². The van der Waals surface area contributed by atoms with Gasteiger partial charge in [-0.2, -0.15) is 13.2 Å². The second-order valence-electron chi connectivity index (χ2n) is 6.56. The third-order valence-corrected chi connectivity index (χ3v) is 4.29. The maximum Gasteiger partial charge on any atom is 0.417 e. The quantitative estimate of drug-likeness (QED) is 0.238. The predicted molar refractivity (Wildman–Crippen MR) is 116 cm³/mol. The van der Waals surface area contributed by atoms with Crippen molar-refractivity contribution in [2.75, 3.05) is 0 Å². The first-order valence-corrected chi connectivity index (χ1v) is 9.47. The van der Waals surface area contributed by atoms with Crippen molar-refractivity contribution < 1.29 is 36.7 Å². The Balaban J connectivity index is 1.80. The zero-order valence-electron chi connectivity index (χ0n) is 17.1. The summed E-state index contributed by atoms with van der Waals surface area (Å²) in [4.78, 5) is 22.5. The fourth-order valence-electron chi connectivity index (χ4n) is 2.76. The first-order valence-electron chi connectivity index (χ1n) is 9.47. The van der Waals surface area contributed by atoms with E-state index in [9.17, 15) is 22.8 Å². The van der Waals surface area contributed by atoms with E-state index in [1.165, 1.54) is 24.3 Å². The molecule has 168 valence electrons. The average molecular weight is 454 g/mol. The number of esters is 2. The number of carbonyl (C=O) groups is 2. The van der Waals surface area contributed by atoms with Crippen LogP contribution in [-0.4, -0.2) is 11.9 Å². The van der Waals surface area contributed by atoms with Crippen molar-refractivity contribution >= 4 is 24.1 Å². The van der Waals surface area contributed by atoms with Gasteiger partial charge in [0, 0.05) is 17.7 Å². The molecule has 5 nitrogen and oxygen atoms in total. The lowest BCUT2D eigenvalue weighted by molar-refractivity contribution is -0.138. The first-order chi connectivity index (χ1) is 15.7. The Kier molecular flexibility index (Phi) is 6.97. The minimum absolute atomic E-state index is 0.132. The number of ether oxygens (including phenoxy) is 2. The van der Waals surface area contributed by atoms with E-state index in [1.807, 2.05) is 0 Å². The lowest BCUT2D eigenvalue weighted by Crippen LogP contribution is -2.09. The summed E-state index contributed by atoms with van der Waals surface area (Å²) in [5.41, 5.74) is -0.422. The summed E-state index contributed by atoms with van der Waals surface area (Å²) in [6, 6.07) is 12.9. The molecule has 0 saturated carbocycles. The van der Waals surface area contributed by atoms with E-state index in [2.05, 4.69) is 13.2 Å². The molecular formula is C25H17F3O5. The van der Waals surface area contributed by atoms with E-state index in [4.69, 9.17) is 13.9 Å². The zero-order valence-corrected chi connectivity index (χ0v) is 17.1. The summed E-state index contributed by atoms with van der Waals surface area (Å²) >= 11 is 0. The Bertz CT molecular complexity index is 1220. The van der Waals surface area contributed by atoms with E-state index >= 15 is 0 Å². The first kappa shape index (κ1) is 23.3. The van der Waals surface area contributed by atoms with Crippen molar-refractivity contribution in [2.24, 2.45) is 0 Å². The number of hydrogen-bond donors (Lipinski definition) is 0. The molecule has 0 amide bonds. The highest BCUT2D eigenvalue weighted by Gasteiger charge is 2.33. The molecule has 0 aliphatic rings. The van der Waals surface area contributed by atoms with Crippen LogP contribution in [-0.2, 0) is 15.8 Å². The monoisotopic (exact) mass is 454 g/mol. The van der Waals surface area contributed by atoms with Gasteiger partial charge < -0.3 is 13.9 Å². The number of halogens is 3. The van der Waals surface area contributed by atoms with E-state index in [0.29, 0.717) is 22.8 Å². The van der Waals surface area contributed by atoms with Gasteiger partial charge in [0.1, 0.15) is 23.0 Å². The standard InChI is InChI=1S/C25H17F3O5/c1-3-23(29)32-19-10-7-17(8-11-19)22-14-13-18(31-22)9-5-16-6-12-20(33-24(30)4-2)15-21(16)25(26,27)28/h3-15H,1-2H2. The van der Waals surface area contributed by atoms with Crippen molar-refractivity contribution in [1.82, 2.24) is 0 Å². The SMILES string of the molecule is C=CC(=O)Oc1ccc(-c2ccc(C=Cc3ccc(OC(=O)C=C)cc3C(F)(F)F)o2)cc1. The Morgan fingerprint density at radius 3 is 2.03 bits per heavy atom. The molecule has 0 aliphatic heterocycles. The molecule has 0 N–H and O–H groups in total. The fraction of sp³-hybridized carbons (Fsp3) is 0.0400. The van der Waals surface area contributed by atoms with Gasteiger partial charge in [0.15, 0.2) is 0 Å². The zero-order chi connectivity index (χ0) is 24.0. The molecule has 0 fully saturated rings. The maximum atomic E-state index is 13.5. The van der Waals surface area contributed by atoms with Crippen LogP contribution in [0.4, 0.5) is 13.2 Å². The van der Waals surface area contributed by atoms with Crippen LogP contribution in [0.15, 0.2) is 84.3 Å². The van der Waals surface area contributed by atoms with Gasteiger partial charge in [0.2, 0.25) is 0 Å². The van der Waals surface area contributed by atoms with Gasteiger partial charge in [-0.15, -0.1) is 0 Å². The van der Waals surface area contributed by atoms with Gasteiger partial charge in [-0.25, -0.2) is 9.59 Å². The second kappa shape index (κ2) is 9.86. The van der Waals surface area contributed by atoms with Crippen LogP contribution in [0.5, 0.6) is 11.5 Å². The number of hydrogen-bond acceptors (Lipinski definition) is 5. The van der Waals surface area contributed by atoms with Crippen molar-refractivity contribution in [3.05, 3.63) is 96.8 Å². The summed E-state index contributed by atoms with van der Waals surface area (Å²) in [6.45, 7) is 6.53. The second-order valence-corrected chi connectivity index (χ2v) is 6.56. The number of benzene rings is 2. The molecule has 0 atom stereocenters. The molecule has 0 bridgehead atoms. The minimum atomic E-state index is -4.67. The van der Waals surface area contributed by atoms with Crippen molar-refractivity contribution in [2.45, 2.75) is 6.18 Å². The van der Waals surface area contributed by atoms with Gasteiger partial charge in [-0.05, 0) is 60.2 Å². The van der Waals surface area contributed by atoms with Gasteiger partial charge in [-0.1, -0.05) is 25.3 Å². The topological polar surface area (TPSA) is 65.7 Å². The molecule has 0 spiro atoms. The van der Waals surface area contributed by atoms with Crippen LogP contribution in [0.2, 0.25) is 0 Å². The van der Waals surface area contributed by atoms with Crippen molar-refractivity contribution in [3.63, 3.8) is 0 Å². The molecule has 0 radical (unpaired) electrons. The highest BCUT2D eigenvalue weighted by atomic mass is 19.4. The Morgan fingerprint density at radius 2 is 1.42 bits per heavy atom. The normalized spacial score (nSPS) is 11.2. The number of furan rings is 1. The molecule has 2 aromatic carbocycles. The molecular weight excluding hydrogens is 437 g/mol. The summed E-state index contributed by atoms with van der Waals surface area (Å²) < 4.78 is 55.9. The lowest BCUT2D eigenvalue weighted by atomic mass is 10.1. The van der Waals surface area contributed by atoms with E-state index in [0.717, 1.165) is 18.2 Å². The predicted octanol–water partition coefficient (Wildman–Crippen LogP) is 6.32. The number of rotatable bonds is 7. The molecule has 33 heavy (non-hydrogen) atoms. The summed E-state index contributed by atoms with van der Waals surface area (Å²) in [7, 11) is 0. The fourth-order valence-corrected chi connectivity index (χ4v) is 2.76. The molecule has 1 aromatic heterocycles. The minimum Gasteiger partial charge on any atom is -0.457 e. The van der Waals surface area contributed by atoms with Crippen LogP contribution in [0.3, 0.4) is 0 Å². The summed E-state index contributed by atoms with van der Waals surface area (Å²) in [5, 5.41) is 0. The molecule has 8 heteroatoms. The smallest absolute Gasteiger partial charge is 0.417 e. The van der Waals surface area contributed by atoms with E-state index < -0.39 is 23.7 Å².